The van der Waals surface area contributed by atoms with Crippen molar-refractivity contribution in [1.29, 1.82) is 0 Å². The van der Waals surface area contributed by atoms with E-state index in [0.29, 0.717) is 6.42 Å². The molecule has 92 valence electrons. The monoisotopic (exact) mass is 245 g/mol. The number of carbonyl (C=O) groups is 1. The molecule has 1 aliphatic carbocycles. The molecule has 1 heterocycles. The van der Waals surface area contributed by atoms with E-state index in [1.165, 1.54) is 6.26 Å². The number of sulfone groups is 1. The third-order valence-corrected chi connectivity index (χ3v) is 5.46. The van der Waals surface area contributed by atoms with E-state index in [9.17, 15) is 13.2 Å². The first-order valence-electron chi connectivity index (χ1n) is 5.92. The summed E-state index contributed by atoms with van der Waals surface area (Å²) in [6, 6.07) is 0. The third-order valence-electron chi connectivity index (χ3n) is 3.82. The number of hydrogen-bond acceptors (Lipinski definition) is 4. The summed E-state index contributed by atoms with van der Waals surface area (Å²) in [4.78, 5) is 12.0. The van der Waals surface area contributed by atoms with Crippen LogP contribution in [0.5, 0.6) is 0 Å². The Labute approximate surface area is 96.7 Å². The molecule has 0 bridgehead atoms. The fraction of sp³-hybridized carbons (Fsp3) is 0.909. The van der Waals surface area contributed by atoms with Crippen molar-refractivity contribution in [2.24, 2.45) is 11.8 Å². The maximum Gasteiger partial charge on any atom is 0.150 e. The number of hydrogen-bond donors (Lipinski definition) is 1. The summed E-state index contributed by atoms with van der Waals surface area (Å²) in [6.45, 7) is 1.55. The Morgan fingerprint density at radius 1 is 1.19 bits per heavy atom. The smallest absolute Gasteiger partial charge is 0.150 e. The highest BCUT2D eigenvalue weighted by atomic mass is 32.2. The van der Waals surface area contributed by atoms with Crippen LogP contribution >= 0.6 is 0 Å². The fourth-order valence-corrected chi connectivity index (χ4v) is 3.79. The predicted octanol–water partition coefficient (Wildman–Crippen LogP) is 0.378. The SMILES string of the molecule is CS(=O)(=O)C1CCCC(C(=O)C2CNC2)C1. The van der Waals surface area contributed by atoms with Gasteiger partial charge in [0.25, 0.3) is 0 Å². The van der Waals surface area contributed by atoms with E-state index >= 15 is 0 Å². The van der Waals surface area contributed by atoms with Crippen LogP contribution in [0.15, 0.2) is 0 Å². The predicted molar refractivity (Wildman–Crippen MR) is 62.0 cm³/mol. The molecule has 0 aromatic rings. The largest absolute Gasteiger partial charge is 0.315 e. The Hall–Kier alpha value is -0.420. The van der Waals surface area contributed by atoms with E-state index in [0.717, 1.165) is 32.4 Å². The maximum absolute atomic E-state index is 12.0. The van der Waals surface area contributed by atoms with Gasteiger partial charge in [0.15, 0.2) is 0 Å². The molecule has 16 heavy (non-hydrogen) atoms. The Kier molecular flexibility index (Phi) is 3.35. The minimum Gasteiger partial charge on any atom is -0.315 e. The topological polar surface area (TPSA) is 63.2 Å². The van der Waals surface area contributed by atoms with Crippen molar-refractivity contribution >= 4 is 15.6 Å². The fourth-order valence-electron chi connectivity index (χ4n) is 2.62. The van der Waals surface area contributed by atoms with E-state index < -0.39 is 9.84 Å². The van der Waals surface area contributed by atoms with Crippen molar-refractivity contribution in [3.05, 3.63) is 0 Å². The van der Waals surface area contributed by atoms with Gasteiger partial charge in [-0.15, -0.1) is 0 Å². The van der Waals surface area contributed by atoms with Gasteiger partial charge in [0.1, 0.15) is 15.6 Å². The number of ketones is 1. The van der Waals surface area contributed by atoms with E-state index in [2.05, 4.69) is 5.32 Å². The highest BCUT2D eigenvalue weighted by Crippen LogP contribution is 2.31. The van der Waals surface area contributed by atoms with Crippen molar-refractivity contribution < 1.29 is 13.2 Å². The van der Waals surface area contributed by atoms with Gasteiger partial charge in [-0.25, -0.2) is 8.42 Å². The van der Waals surface area contributed by atoms with Gasteiger partial charge in [-0.2, -0.15) is 0 Å². The lowest BCUT2D eigenvalue weighted by atomic mass is 9.79. The molecular formula is C11H19NO3S. The lowest BCUT2D eigenvalue weighted by molar-refractivity contribution is -0.129. The highest BCUT2D eigenvalue weighted by molar-refractivity contribution is 7.91. The van der Waals surface area contributed by atoms with Crippen LogP contribution in [0.1, 0.15) is 25.7 Å². The second-order valence-corrected chi connectivity index (χ2v) is 7.40. The summed E-state index contributed by atoms with van der Waals surface area (Å²) in [7, 11) is -2.97. The van der Waals surface area contributed by atoms with Crippen molar-refractivity contribution in [1.82, 2.24) is 5.32 Å². The van der Waals surface area contributed by atoms with E-state index in [1.807, 2.05) is 0 Å². The van der Waals surface area contributed by atoms with Crippen LogP contribution in [0.4, 0.5) is 0 Å². The molecule has 2 unspecified atom stereocenters. The molecule has 2 rings (SSSR count). The van der Waals surface area contributed by atoms with Crippen LogP contribution in [-0.4, -0.2) is 38.8 Å². The Bertz CT molecular complexity index is 373. The van der Waals surface area contributed by atoms with Crippen LogP contribution in [-0.2, 0) is 14.6 Å². The average molecular weight is 245 g/mol. The van der Waals surface area contributed by atoms with Crippen molar-refractivity contribution in [3.8, 4) is 0 Å². The average Bonchev–Trinajstić information content (AvgIpc) is 2.14. The van der Waals surface area contributed by atoms with Crippen molar-refractivity contribution in [2.75, 3.05) is 19.3 Å². The minimum absolute atomic E-state index is 0.0134. The van der Waals surface area contributed by atoms with Crippen LogP contribution < -0.4 is 5.32 Å². The van der Waals surface area contributed by atoms with Gasteiger partial charge in [0.2, 0.25) is 0 Å². The second kappa shape index (κ2) is 4.45. The molecule has 1 aliphatic heterocycles. The summed E-state index contributed by atoms with van der Waals surface area (Å²) in [5.41, 5.74) is 0. The standard InChI is InChI=1S/C11H19NO3S/c1-16(14,15)10-4-2-3-8(5-10)11(13)9-6-12-7-9/h8-10,12H,2-7H2,1H3. The van der Waals surface area contributed by atoms with Crippen LogP contribution in [0.25, 0.3) is 0 Å². The number of Topliss-reactive ketones (excluding diaryl/α,β-unsaturated/α-hetero) is 1. The summed E-state index contributed by atoms with van der Waals surface area (Å²) in [5, 5.41) is 2.79. The van der Waals surface area contributed by atoms with Gasteiger partial charge in [0.05, 0.1) is 5.25 Å². The van der Waals surface area contributed by atoms with Gasteiger partial charge in [0, 0.05) is 31.2 Å². The first-order chi connectivity index (χ1) is 7.48. The zero-order valence-corrected chi connectivity index (χ0v) is 10.4. The molecule has 4 nitrogen and oxygen atoms in total. The Morgan fingerprint density at radius 3 is 2.38 bits per heavy atom. The molecule has 1 saturated carbocycles. The zero-order valence-electron chi connectivity index (χ0n) is 9.61. The van der Waals surface area contributed by atoms with Gasteiger partial charge >= 0.3 is 0 Å². The molecule has 0 aromatic heterocycles. The second-order valence-electron chi connectivity index (χ2n) is 5.07. The summed E-state index contributed by atoms with van der Waals surface area (Å²) in [6.07, 6.45) is 4.31. The van der Waals surface area contributed by atoms with E-state index in [4.69, 9.17) is 0 Å². The molecule has 2 atom stereocenters. The molecule has 0 amide bonds. The molecule has 5 heteroatoms. The quantitative estimate of drug-likeness (QED) is 0.780. The number of carbonyl (C=O) groups excluding carboxylic acids is 1. The first-order valence-corrected chi connectivity index (χ1v) is 7.87. The van der Waals surface area contributed by atoms with E-state index in [1.54, 1.807) is 0 Å². The number of nitrogens with one attached hydrogen (secondary N) is 1. The minimum atomic E-state index is -2.97. The van der Waals surface area contributed by atoms with Crippen LogP contribution in [0.3, 0.4) is 0 Å². The molecule has 0 radical (unpaired) electrons. The third kappa shape index (κ3) is 2.46. The van der Waals surface area contributed by atoms with Gasteiger partial charge < -0.3 is 5.32 Å². The molecular weight excluding hydrogens is 226 g/mol. The van der Waals surface area contributed by atoms with E-state index in [-0.39, 0.29) is 22.9 Å². The normalized spacial score (nSPS) is 32.1. The summed E-state index contributed by atoms with van der Waals surface area (Å²) < 4.78 is 23.0. The molecule has 0 spiro atoms. The van der Waals surface area contributed by atoms with Crippen molar-refractivity contribution in [3.63, 3.8) is 0 Å². The van der Waals surface area contributed by atoms with Crippen LogP contribution in [0, 0.1) is 11.8 Å². The molecule has 0 aromatic carbocycles. The zero-order chi connectivity index (χ0) is 11.8. The van der Waals surface area contributed by atoms with Gasteiger partial charge in [-0.05, 0) is 19.3 Å². The molecule has 1 N–H and O–H groups in total. The molecule has 1 saturated heterocycles. The first kappa shape index (κ1) is 12.0. The Balaban J connectivity index is 1.98. The lowest BCUT2D eigenvalue weighted by Gasteiger charge is -2.33. The van der Waals surface area contributed by atoms with Crippen LogP contribution in [0.2, 0.25) is 0 Å². The summed E-state index contributed by atoms with van der Waals surface area (Å²) >= 11 is 0. The van der Waals surface area contributed by atoms with Gasteiger partial charge in [-0.1, -0.05) is 6.42 Å². The molecule has 2 aliphatic rings. The number of rotatable bonds is 3. The van der Waals surface area contributed by atoms with Crippen molar-refractivity contribution in [2.45, 2.75) is 30.9 Å². The van der Waals surface area contributed by atoms with Gasteiger partial charge in [-0.3, -0.25) is 4.79 Å². The summed E-state index contributed by atoms with van der Waals surface area (Å²) in [5.74, 6) is 0.413. The maximum atomic E-state index is 12.0. The molecule has 2 fully saturated rings. The Morgan fingerprint density at radius 2 is 1.88 bits per heavy atom. The highest BCUT2D eigenvalue weighted by Gasteiger charge is 2.36. The lowest BCUT2D eigenvalue weighted by Crippen LogP contribution is -2.49.